The topological polar surface area (TPSA) is 66.6 Å². The predicted molar refractivity (Wildman–Crippen MR) is 72.3 cm³/mol. The summed E-state index contributed by atoms with van der Waals surface area (Å²) in [4.78, 5) is 2.49. The number of hydrogen-bond acceptors (Lipinski definition) is 3. The maximum absolute atomic E-state index is 11.3. The van der Waals surface area contributed by atoms with E-state index in [-0.39, 0.29) is 0 Å². The van der Waals surface area contributed by atoms with Crippen LogP contribution in [0.4, 0.5) is 0 Å². The van der Waals surface area contributed by atoms with Crippen LogP contribution in [0.2, 0.25) is 0 Å². The monoisotopic (exact) mass is 275 g/mol. The molecule has 0 bridgehead atoms. The fourth-order valence-corrected chi connectivity index (χ4v) is 4.01. The zero-order valence-electron chi connectivity index (χ0n) is 11.2. The van der Waals surface area contributed by atoms with Crippen molar-refractivity contribution in [2.24, 2.45) is 5.14 Å². The van der Waals surface area contributed by atoms with Crippen LogP contribution >= 0.6 is 0 Å². The predicted octanol–water partition coefficient (Wildman–Crippen LogP) is 0.919. The molecule has 1 aliphatic heterocycles. The van der Waals surface area contributed by atoms with Gasteiger partial charge in [-0.2, -0.15) is 12.7 Å². The Morgan fingerprint density at radius 2 is 1.50 bits per heavy atom. The van der Waals surface area contributed by atoms with E-state index in [4.69, 9.17) is 5.14 Å². The molecule has 106 valence electrons. The summed E-state index contributed by atoms with van der Waals surface area (Å²) in [5, 5.41) is 5.16. The molecule has 2 fully saturated rings. The molecule has 5 nitrogen and oxygen atoms in total. The molecule has 0 amide bonds. The quantitative estimate of drug-likeness (QED) is 0.833. The van der Waals surface area contributed by atoms with E-state index in [2.05, 4.69) is 11.9 Å². The summed E-state index contributed by atoms with van der Waals surface area (Å²) in [7, 11) is -1.28. The summed E-state index contributed by atoms with van der Waals surface area (Å²) >= 11 is 0. The van der Waals surface area contributed by atoms with Gasteiger partial charge < -0.3 is 4.90 Å². The highest BCUT2D eigenvalue weighted by Gasteiger charge is 2.30. The van der Waals surface area contributed by atoms with Crippen LogP contribution in [-0.2, 0) is 10.2 Å². The number of nitrogens with zero attached hydrogens (tertiary/aromatic N) is 2. The molecule has 0 unspecified atom stereocenters. The third kappa shape index (κ3) is 3.44. The molecule has 2 aliphatic rings. The van der Waals surface area contributed by atoms with Crippen LogP contribution in [0.5, 0.6) is 0 Å². The van der Waals surface area contributed by atoms with E-state index in [1.165, 1.54) is 36.4 Å². The molecule has 0 aromatic rings. The largest absolute Gasteiger partial charge is 0.300 e. The van der Waals surface area contributed by atoms with E-state index in [1.54, 1.807) is 0 Å². The standard InChI is InChI=1S/C12H25N3O2S/c1-14(11-5-3-2-4-6-11)12-7-9-15(10-8-12)18(13,16)17/h11-12H,2-10H2,1H3,(H2,13,16,17). The van der Waals surface area contributed by atoms with E-state index in [1.807, 2.05) is 0 Å². The Kier molecular flexibility index (Phi) is 4.64. The maximum atomic E-state index is 11.3. The molecule has 1 aliphatic carbocycles. The highest BCUT2D eigenvalue weighted by atomic mass is 32.2. The van der Waals surface area contributed by atoms with Gasteiger partial charge in [-0.25, -0.2) is 5.14 Å². The Bertz CT molecular complexity index is 358. The fourth-order valence-electron chi connectivity index (χ4n) is 3.29. The van der Waals surface area contributed by atoms with Gasteiger partial charge in [-0.3, -0.25) is 0 Å². The van der Waals surface area contributed by atoms with Gasteiger partial charge in [-0.1, -0.05) is 19.3 Å². The van der Waals surface area contributed by atoms with Crippen LogP contribution in [0.1, 0.15) is 44.9 Å². The van der Waals surface area contributed by atoms with Gasteiger partial charge in [-0.15, -0.1) is 0 Å². The molecular formula is C12H25N3O2S. The van der Waals surface area contributed by atoms with Crippen molar-refractivity contribution in [3.8, 4) is 0 Å². The molecule has 0 aromatic heterocycles. The van der Waals surface area contributed by atoms with Gasteiger partial charge in [0, 0.05) is 25.2 Å². The Morgan fingerprint density at radius 1 is 1.00 bits per heavy atom. The molecule has 1 saturated carbocycles. The van der Waals surface area contributed by atoms with E-state index in [0.29, 0.717) is 25.2 Å². The molecule has 0 radical (unpaired) electrons. The smallest absolute Gasteiger partial charge is 0.276 e. The third-order valence-electron chi connectivity index (χ3n) is 4.51. The first-order valence-corrected chi connectivity index (χ1v) is 8.48. The Labute approximate surface area is 110 Å². The molecule has 2 N–H and O–H groups in total. The van der Waals surface area contributed by atoms with Gasteiger partial charge >= 0.3 is 0 Å². The summed E-state index contributed by atoms with van der Waals surface area (Å²) < 4.78 is 23.9. The lowest BCUT2D eigenvalue weighted by molar-refractivity contribution is 0.100. The minimum atomic E-state index is -3.49. The third-order valence-corrected chi connectivity index (χ3v) is 5.59. The minimum Gasteiger partial charge on any atom is -0.300 e. The molecule has 1 saturated heterocycles. The Hall–Kier alpha value is -0.170. The van der Waals surface area contributed by atoms with Gasteiger partial charge in [0.15, 0.2) is 0 Å². The second-order valence-corrected chi connectivity index (χ2v) is 7.18. The second-order valence-electron chi connectivity index (χ2n) is 5.63. The summed E-state index contributed by atoms with van der Waals surface area (Å²) in [6.45, 7) is 1.14. The molecule has 0 aromatic carbocycles. The van der Waals surface area contributed by atoms with Gasteiger partial charge in [0.1, 0.15) is 0 Å². The van der Waals surface area contributed by atoms with Crippen molar-refractivity contribution in [2.45, 2.75) is 57.0 Å². The van der Waals surface area contributed by atoms with Crippen molar-refractivity contribution in [3.63, 3.8) is 0 Å². The molecule has 0 spiro atoms. The lowest BCUT2D eigenvalue weighted by atomic mass is 9.92. The Balaban J connectivity index is 1.85. The van der Waals surface area contributed by atoms with Gasteiger partial charge in [0.2, 0.25) is 0 Å². The van der Waals surface area contributed by atoms with Crippen LogP contribution < -0.4 is 5.14 Å². The lowest BCUT2D eigenvalue weighted by Gasteiger charge is -2.40. The average Bonchev–Trinajstić information content (AvgIpc) is 2.38. The molecule has 6 heteroatoms. The number of rotatable bonds is 3. The molecular weight excluding hydrogens is 250 g/mol. The second kappa shape index (κ2) is 5.86. The zero-order valence-corrected chi connectivity index (χ0v) is 12.0. The number of nitrogens with two attached hydrogens (primary N) is 1. The van der Waals surface area contributed by atoms with Crippen LogP contribution in [0.15, 0.2) is 0 Å². The van der Waals surface area contributed by atoms with E-state index < -0.39 is 10.2 Å². The van der Waals surface area contributed by atoms with Crippen molar-refractivity contribution < 1.29 is 8.42 Å². The summed E-state index contributed by atoms with van der Waals surface area (Å²) in [5.41, 5.74) is 0. The normalized spacial score (nSPS) is 25.7. The Morgan fingerprint density at radius 3 is 2.00 bits per heavy atom. The lowest BCUT2D eigenvalue weighted by Crippen LogP contribution is -2.50. The molecule has 0 atom stereocenters. The minimum absolute atomic E-state index is 0.520. The number of hydrogen-bond donors (Lipinski definition) is 1. The van der Waals surface area contributed by atoms with E-state index >= 15 is 0 Å². The molecule has 2 rings (SSSR count). The van der Waals surface area contributed by atoms with E-state index in [0.717, 1.165) is 12.8 Å². The van der Waals surface area contributed by atoms with Crippen LogP contribution in [0, 0.1) is 0 Å². The summed E-state index contributed by atoms with van der Waals surface area (Å²) in [5.74, 6) is 0. The average molecular weight is 275 g/mol. The molecule has 1 heterocycles. The number of piperidine rings is 1. The maximum Gasteiger partial charge on any atom is 0.276 e. The van der Waals surface area contributed by atoms with Crippen LogP contribution in [0.3, 0.4) is 0 Å². The highest BCUT2D eigenvalue weighted by molar-refractivity contribution is 7.86. The van der Waals surface area contributed by atoms with Crippen molar-refractivity contribution in [1.29, 1.82) is 0 Å². The van der Waals surface area contributed by atoms with Crippen molar-refractivity contribution in [2.75, 3.05) is 20.1 Å². The fraction of sp³-hybridized carbons (Fsp3) is 1.00. The van der Waals surface area contributed by atoms with Crippen LogP contribution in [0.25, 0.3) is 0 Å². The van der Waals surface area contributed by atoms with Crippen molar-refractivity contribution in [3.05, 3.63) is 0 Å². The zero-order chi connectivity index (χ0) is 13.2. The first-order valence-electron chi connectivity index (χ1n) is 6.98. The SMILES string of the molecule is CN(C1CCCCC1)C1CCN(S(N)(=O)=O)CC1. The molecule has 18 heavy (non-hydrogen) atoms. The highest BCUT2D eigenvalue weighted by Crippen LogP contribution is 2.26. The van der Waals surface area contributed by atoms with Crippen LogP contribution in [-0.4, -0.2) is 49.8 Å². The van der Waals surface area contributed by atoms with Gasteiger partial charge in [0.25, 0.3) is 10.2 Å². The first-order chi connectivity index (χ1) is 8.48. The summed E-state index contributed by atoms with van der Waals surface area (Å²) in [6, 6.07) is 1.22. The first kappa shape index (κ1) is 14.2. The van der Waals surface area contributed by atoms with Gasteiger partial charge in [-0.05, 0) is 32.7 Å². The van der Waals surface area contributed by atoms with Gasteiger partial charge in [0.05, 0.1) is 0 Å². The van der Waals surface area contributed by atoms with Crippen molar-refractivity contribution >= 4 is 10.2 Å². The van der Waals surface area contributed by atoms with E-state index in [9.17, 15) is 8.42 Å². The van der Waals surface area contributed by atoms with Crippen molar-refractivity contribution in [1.82, 2.24) is 9.21 Å². The summed E-state index contributed by atoms with van der Waals surface area (Å²) in [6.07, 6.45) is 8.45.